The lowest BCUT2D eigenvalue weighted by Gasteiger charge is -2.08. The lowest BCUT2D eigenvalue weighted by molar-refractivity contribution is 1.17. The van der Waals surface area contributed by atoms with Gasteiger partial charge >= 0.3 is 0 Å². The Morgan fingerprint density at radius 3 is 1.42 bits per heavy atom. The lowest BCUT2D eigenvalue weighted by atomic mass is 10.1. The maximum absolute atomic E-state index is 4.80. The number of rotatable bonds is 3. The van der Waals surface area contributed by atoms with Crippen LogP contribution in [0.25, 0.3) is 21.8 Å². The van der Waals surface area contributed by atoms with Gasteiger partial charge < -0.3 is 0 Å². The topological polar surface area (TPSA) is 25.8 Å². The number of aromatic nitrogens is 2. The van der Waals surface area contributed by atoms with Crippen LogP contribution < -0.4 is 0 Å². The van der Waals surface area contributed by atoms with Crippen molar-refractivity contribution in [1.29, 1.82) is 0 Å². The van der Waals surface area contributed by atoms with Crippen LogP contribution in [0.2, 0.25) is 0 Å². The van der Waals surface area contributed by atoms with E-state index in [0.29, 0.717) is 0 Å². The van der Waals surface area contributed by atoms with Crippen molar-refractivity contribution in [1.82, 2.24) is 9.97 Å². The molecule has 4 rings (SSSR count). The molecule has 0 atom stereocenters. The molecule has 4 aromatic rings. The number of aryl methyl sites for hydroxylation is 4. The van der Waals surface area contributed by atoms with Crippen molar-refractivity contribution in [3.63, 3.8) is 0 Å². The molecule has 130 valence electrons. The summed E-state index contributed by atoms with van der Waals surface area (Å²) in [6.07, 6.45) is 0. The van der Waals surface area contributed by atoms with Crippen molar-refractivity contribution in [2.24, 2.45) is 0 Å². The summed E-state index contributed by atoms with van der Waals surface area (Å²) in [5.74, 6) is 0. The summed E-state index contributed by atoms with van der Waals surface area (Å²) in [6, 6.07) is 17.2. The van der Waals surface area contributed by atoms with Crippen molar-refractivity contribution in [3.05, 3.63) is 70.8 Å². The highest BCUT2D eigenvalue weighted by atomic mass is 33.1. The number of benzene rings is 2. The third-order valence-electron chi connectivity index (χ3n) is 4.51. The monoisotopic (exact) mass is 376 g/mol. The van der Waals surface area contributed by atoms with Crippen LogP contribution in [0, 0.1) is 27.7 Å². The molecule has 0 aliphatic heterocycles. The summed E-state index contributed by atoms with van der Waals surface area (Å²) < 4.78 is 0. The van der Waals surface area contributed by atoms with Crippen molar-refractivity contribution in [3.8, 4) is 0 Å². The molecule has 2 nitrogen and oxygen atoms in total. The Morgan fingerprint density at radius 2 is 1.00 bits per heavy atom. The average molecular weight is 377 g/mol. The molecule has 0 unspecified atom stereocenters. The molecule has 4 heteroatoms. The van der Waals surface area contributed by atoms with Crippen molar-refractivity contribution < 1.29 is 0 Å². The van der Waals surface area contributed by atoms with Crippen LogP contribution in [0.5, 0.6) is 0 Å². The summed E-state index contributed by atoms with van der Waals surface area (Å²) in [7, 11) is 3.34. The molecule has 0 fully saturated rings. The first-order valence-corrected chi connectivity index (χ1v) is 10.7. The van der Waals surface area contributed by atoms with Gasteiger partial charge in [-0.3, -0.25) is 0 Å². The Balaban J connectivity index is 1.63. The zero-order valence-electron chi connectivity index (χ0n) is 15.3. The highest BCUT2D eigenvalue weighted by Crippen LogP contribution is 2.38. The second-order valence-electron chi connectivity index (χ2n) is 6.76. The van der Waals surface area contributed by atoms with E-state index >= 15 is 0 Å². The van der Waals surface area contributed by atoms with E-state index in [1.807, 2.05) is 0 Å². The standard InChI is InChI=1S/C22H20N2S2/c1-13-5-7-19-17(9-13)15(3)11-21(23-19)25-26-22-12-16(4)18-10-14(2)6-8-20(18)24-22/h5-12H,1-4H3. The SMILES string of the molecule is Cc1ccc2nc(SSc3cc(C)c4cc(C)ccc4n3)cc(C)c2c1. The second-order valence-corrected chi connectivity index (χ2v) is 8.93. The first-order chi connectivity index (χ1) is 12.5. The lowest BCUT2D eigenvalue weighted by Crippen LogP contribution is -1.88. The van der Waals surface area contributed by atoms with Crippen molar-refractivity contribution in [2.75, 3.05) is 0 Å². The first kappa shape index (κ1) is 17.4. The minimum Gasteiger partial charge on any atom is -0.241 e. The van der Waals surface area contributed by atoms with E-state index in [4.69, 9.17) is 9.97 Å². The molecule has 2 aromatic carbocycles. The van der Waals surface area contributed by atoms with Gasteiger partial charge in [0.05, 0.1) is 11.0 Å². The molecular formula is C22H20N2S2. The van der Waals surface area contributed by atoms with E-state index < -0.39 is 0 Å². The molecule has 2 aromatic heterocycles. The minimum atomic E-state index is 1.02. The molecule has 0 aliphatic carbocycles. The Bertz CT molecular complexity index is 1040. The smallest absolute Gasteiger partial charge is 0.108 e. The number of nitrogens with zero attached hydrogens (tertiary/aromatic N) is 2. The third kappa shape index (κ3) is 3.44. The van der Waals surface area contributed by atoms with E-state index in [9.17, 15) is 0 Å². The third-order valence-corrected chi connectivity index (χ3v) is 6.63. The van der Waals surface area contributed by atoms with E-state index in [1.54, 1.807) is 21.6 Å². The van der Waals surface area contributed by atoms with Gasteiger partial charge in [-0.2, -0.15) is 0 Å². The molecule has 0 N–H and O–H groups in total. The van der Waals surface area contributed by atoms with Crippen LogP contribution in [0.1, 0.15) is 22.3 Å². The van der Waals surface area contributed by atoms with Gasteiger partial charge in [0, 0.05) is 10.8 Å². The number of hydrogen-bond donors (Lipinski definition) is 0. The van der Waals surface area contributed by atoms with Crippen LogP contribution in [0.4, 0.5) is 0 Å². The molecule has 0 radical (unpaired) electrons. The van der Waals surface area contributed by atoms with Crippen LogP contribution in [0.3, 0.4) is 0 Å². The highest BCUT2D eigenvalue weighted by molar-refractivity contribution is 8.76. The second kappa shape index (κ2) is 6.93. The van der Waals surface area contributed by atoms with Gasteiger partial charge in [-0.1, -0.05) is 23.3 Å². The summed E-state index contributed by atoms with van der Waals surface area (Å²) in [4.78, 5) is 9.61. The van der Waals surface area contributed by atoms with E-state index in [1.165, 1.54) is 33.0 Å². The maximum atomic E-state index is 4.80. The molecule has 0 aliphatic rings. The summed E-state index contributed by atoms with van der Waals surface area (Å²) in [6.45, 7) is 8.54. The number of fused-ring (bicyclic) bond motifs is 2. The predicted octanol–water partition coefficient (Wildman–Crippen LogP) is 6.82. The summed E-state index contributed by atoms with van der Waals surface area (Å²) in [5, 5.41) is 4.50. The quantitative estimate of drug-likeness (QED) is 0.367. The van der Waals surface area contributed by atoms with E-state index in [0.717, 1.165) is 21.1 Å². The van der Waals surface area contributed by atoms with Crippen LogP contribution in [0.15, 0.2) is 58.6 Å². The fourth-order valence-corrected chi connectivity index (χ4v) is 5.04. The molecule has 0 amide bonds. The normalized spacial score (nSPS) is 11.4. The maximum Gasteiger partial charge on any atom is 0.108 e. The fourth-order valence-electron chi connectivity index (χ4n) is 3.13. The molecule has 0 bridgehead atoms. The van der Waals surface area contributed by atoms with E-state index in [-0.39, 0.29) is 0 Å². The van der Waals surface area contributed by atoms with Gasteiger partial charge in [-0.05, 0) is 96.8 Å². The Morgan fingerprint density at radius 1 is 0.577 bits per heavy atom. The Labute approximate surface area is 161 Å². The van der Waals surface area contributed by atoms with Crippen LogP contribution in [-0.4, -0.2) is 9.97 Å². The van der Waals surface area contributed by atoms with Crippen molar-refractivity contribution >= 4 is 43.4 Å². The van der Waals surface area contributed by atoms with Gasteiger partial charge in [-0.25, -0.2) is 9.97 Å². The average Bonchev–Trinajstić information content (AvgIpc) is 2.61. The number of hydrogen-bond acceptors (Lipinski definition) is 4. The van der Waals surface area contributed by atoms with Gasteiger partial charge in [-0.15, -0.1) is 0 Å². The van der Waals surface area contributed by atoms with Gasteiger partial charge in [0.25, 0.3) is 0 Å². The fraction of sp³-hybridized carbons (Fsp3) is 0.182. The molecule has 26 heavy (non-hydrogen) atoms. The van der Waals surface area contributed by atoms with Crippen LogP contribution >= 0.6 is 21.6 Å². The van der Waals surface area contributed by atoms with Crippen LogP contribution in [-0.2, 0) is 0 Å². The largest absolute Gasteiger partial charge is 0.241 e. The predicted molar refractivity (Wildman–Crippen MR) is 114 cm³/mol. The minimum absolute atomic E-state index is 1.02. The Hall–Kier alpha value is -2.04. The van der Waals surface area contributed by atoms with Gasteiger partial charge in [0.2, 0.25) is 0 Å². The highest BCUT2D eigenvalue weighted by Gasteiger charge is 2.08. The zero-order chi connectivity index (χ0) is 18.3. The number of pyridine rings is 2. The van der Waals surface area contributed by atoms with Gasteiger partial charge in [0.15, 0.2) is 0 Å². The van der Waals surface area contributed by atoms with E-state index in [2.05, 4.69) is 76.2 Å². The molecular weight excluding hydrogens is 356 g/mol. The summed E-state index contributed by atoms with van der Waals surface area (Å²) >= 11 is 0. The first-order valence-electron chi connectivity index (χ1n) is 8.60. The van der Waals surface area contributed by atoms with Crippen molar-refractivity contribution in [2.45, 2.75) is 37.7 Å². The van der Waals surface area contributed by atoms with Gasteiger partial charge in [0.1, 0.15) is 10.1 Å². The zero-order valence-corrected chi connectivity index (χ0v) is 17.0. The summed E-state index contributed by atoms with van der Waals surface area (Å²) in [5.41, 5.74) is 7.17. The molecule has 0 spiro atoms. The molecule has 2 heterocycles. The Kier molecular flexibility index (Phi) is 4.63. The molecule has 0 saturated heterocycles. The molecule has 0 saturated carbocycles.